The number of carbonyl (C=O) groups excluding carboxylic acids is 1. The van der Waals surface area contributed by atoms with Gasteiger partial charge in [0.15, 0.2) is 0 Å². The standard InChI is InChI=1S/C14H20FN3O4S/c1-16(2)23(20,21)18(13-6-4-3-5-12(13)15)11-14(19)17-7-9-22-10-8-17/h3-6H,7-11H2,1-2H3. The lowest BCUT2D eigenvalue weighted by Gasteiger charge is -2.31. The van der Waals surface area contributed by atoms with Crippen LogP contribution in [0.2, 0.25) is 0 Å². The molecule has 1 aliphatic heterocycles. The minimum absolute atomic E-state index is 0.150. The van der Waals surface area contributed by atoms with Crippen LogP contribution in [0.15, 0.2) is 24.3 Å². The van der Waals surface area contributed by atoms with Gasteiger partial charge in [0.1, 0.15) is 12.4 Å². The maximum absolute atomic E-state index is 14.1. The molecule has 9 heteroatoms. The third-order valence-electron chi connectivity index (χ3n) is 3.50. The molecule has 1 aliphatic rings. The number of carbonyl (C=O) groups is 1. The summed E-state index contributed by atoms with van der Waals surface area (Å²) in [5.41, 5.74) is -0.150. The first-order chi connectivity index (χ1) is 10.8. The Morgan fingerprint density at radius 3 is 2.43 bits per heavy atom. The van der Waals surface area contributed by atoms with Gasteiger partial charge in [-0.3, -0.25) is 4.79 Å². The summed E-state index contributed by atoms with van der Waals surface area (Å²) < 4.78 is 46.0. The largest absolute Gasteiger partial charge is 0.378 e. The van der Waals surface area contributed by atoms with E-state index in [-0.39, 0.29) is 11.6 Å². The van der Waals surface area contributed by atoms with Crippen LogP contribution in [0, 0.1) is 5.82 Å². The van der Waals surface area contributed by atoms with E-state index in [2.05, 4.69) is 0 Å². The lowest BCUT2D eigenvalue weighted by Crippen LogP contribution is -2.49. The van der Waals surface area contributed by atoms with Gasteiger partial charge in [0, 0.05) is 27.2 Å². The lowest BCUT2D eigenvalue weighted by molar-refractivity contribution is -0.133. The number of anilines is 1. The second kappa shape index (κ2) is 7.24. The monoisotopic (exact) mass is 345 g/mol. The van der Waals surface area contributed by atoms with Crippen molar-refractivity contribution < 1.29 is 22.3 Å². The highest BCUT2D eigenvalue weighted by atomic mass is 32.2. The van der Waals surface area contributed by atoms with Crippen LogP contribution in [0.5, 0.6) is 0 Å². The fourth-order valence-electron chi connectivity index (χ4n) is 2.18. The number of rotatable bonds is 5. The van der Waals surface area contributed by atoms with Crippen molar-refractivity contribution in [3.63, 3.8) is 0 Å². The lowest BCUT2D eigenvalue weighted by atomic mass is 10.3. The molecule has 2 rings (SSSR count). The molecule has 0 atom stereocenters. The molecule has 7 nitrogen and oxygen atoms in total. The van der Waals surface area contributed by atoms with Crippen molar-refractivity contribution in [2.45, 2.75) is 0 Å². The number of amides is 1. The molecule has 0 spiro atoms. The number of ether oxygens (including phenoxy) is 1. The van der Waals surface area contributed by atoms with Crippen LogP contribution in [-0.4, -0.2) is 70.5 Å². The van der Waals surface area contributed by atoms with Crippen molar-refractivity contribution in [2.75, 3.05) is 51.2 Å². The van der Waals surface area contributed by atoms with Gasteiger partial charge in [-0.05, 0) is 12.1 Å². The van der Waals surface area contributed by atoms with Crippen LogP contribution in [0.3, 0.4) is 0 Å². The molecule has 1 fully saturated rings. The number of hydrogen-bond donors (Lipinski definition) is 0. The van der Waals surface area contributed by atoms with E-state index in [4.69, 9.17) is 4.74 Å². The molecule has 0 aliphatic carbocycles. The molecule has 1 amide bonds. The van der Waals surface area contributed by atoms with Crippen molar-refractivity contribution in [1.82, 2.24) is 9.21 Å². The Morgan fingerprint density at radius 2 is 1.87 bits per heavy atom. The van der Waals surface area contributed by atoms with Gasteiger partial charge in [0.25, 0.3) is 0 Å². The Bertz CT molecular complexity index is 660. The molecular formula is C14H20FN3O4S. The summed E-state index contributed by atoms with van der Waals surface area (Å²) >= 11 is 0. The van der Waals surface area contributed by atoms with E-state index < -0.39 is 22.6 Å². The molecule has 0 aromatic heterocycles. The summed E-state index contributed by atoms with van der Waals surface area (Å²) in [5.74, 6) is -1.09. The number of halogens is 1. The Hall–Kier alpha value is -1.71. The third-order valence-corrected chi connectivity index (χ3v) is 5.31. The van der Waals surface area contributed by atoms with Gasteiger partial charge in [-0.15, -0.1) is 0 Å². The Kier molecular flexibility index (Phi) is 5.55. The van der Waals surface area contributed by atoms with Crippen molar-refractivity contribution >= 4 is 21.8 Å². The van der Waals surface area contributed by atoms with E-state index in [1.54, 1.807) is 0 Å². The smallest absolute Gasteiger partial charge is 0.304 e. The van der Waals surface area contributed by atoms with Gasteiger partial charge in [-0.2, -0.15) is 12.7 Å². The van der Waals surface area contributed by atoms with Crippen LogP contribution in [-0.2, 0) is 19.7 Å². The zero-order valence-corrected chi connectivity index (χ0v) is 13.9. The van der Waals surface area contributed by atoms with Gasteiger partial charge < -0.3 is 9.64 Å². The molecule has 0 N–H and O–H groups in total. The van der Waals surface area contributed by atoms with Crippen LogP contribution in [0.4, 0.5) is 10.1 Å². The molecular weight excluding hydrogens is 325 g/mol. The predicted octanol–water partition coefficient (Wildman–Crippen LogP) is 0.297. The summed E-state index contributed by atoms with van der Waals surface area (Å²) in [7, 11) is -1.33. The Balaban J connectivity index is 2.31. The molecule has 23 heavy (non-hydrogen) atoms. The van der Waals surface area contributed by atoms with E-state index in [0.29, 0.717) is 26.3 Å². The fraction of sp³-hybridized carbons (Fsp3) is 0.500. The molecule has 0 unspecified atom stereocenters. The number of morpholine rings is 1. The summed E-state index contributed by atoms with van der Waals surface area (Å²) in [6.07, 6.45) is 0. The summed E-state index contributed by atoms with van der Waals surface area (Å²) in [5, 5.41) is 0. The molecule has 1 heterocycles. The second-order valence-electron chi connectivity index (χ2n) is 5.24. The van der Waals surface area contributed by atoms with E-state index in [1.807, 2.05) is 0 Å². The van der Waals surface area contributed by atoms with Crippen LogP contribution < -0.4 is 4.31 Å². The van der Waals surface area contributed by atoms with Crippen molar-refractivity contribution in [2.24, 2.45) is 0 Å². The number of benzene rings is 1. The fourth-order valence-corrected chi connectivity index (χ4v) is 3.24. The molecule has 0 bridgehead atoms. The van der Waals surface area contributed by atoms with Gasteiger partial charge in [0.2, 0.25) is 5.91 Å². The predicted molar refractivity (Wildman–Crippen MR) is 83.8 cm³/mol. The average Bonchev–Trinajstić information content (AvgIpc) is 2.53. The SMILES string of the molecule is CN(C)S(=O)(=O)N(CC(=O)N1CCOCC1)c1ccccc1F. The summed E-state index contributed by atoms with van der Waals surface area (Å²) in [6.45, 7) is 1.15. The van der Waals surface area contributed by atoms with Gasteiger partial charge in [0.05, 0.1) is 18.9 Å². The van der Waals surface area contributed by atoms with Crippen LogP contribution in [0.25, 0.3) is 0 Å². The van der Waals surface area contributed by atoms with E-state index >= 15 is 0 Å². The molecule has 0 radical (unpaired) electrons. The first kappa shape index (κ1) is 17.6. The number of hydrogen-bond acceptors (Lipinski definition) is 4. The summed E-state index contributed by atoms with van der Waals surface area (Å²) in [4.78, 5) is 13.9. The minimum atomic E-state index is -4.00. The quantitative estimate of drug-likeness (QED) is 0.769. The van der Waals surface area contributed by atoms with E-state index in [9.17, 15) is 17.6 Å². The van der Waals surface area contributed by atoms with Gasteiger partial charge in [-0.25, -0.2) is 8.70 Å². The van der Waals surface area contributed by atoms with Crippen molar-refractivity contribution in [3.05, 3.63) is 30.1 Å². The van der Waals surface area contributed by atoms with Crippen LogP contribution >= 0.6 is 0 Å². The highest BCUT2D eigenvalue weighted by molar-refractivity contribution is 7.90. The highest BCUT2D eigenvalue weighted by Gasteiger charge is 2.31. The zero-order valence-electron chi connectivity index (χ0n) is 13.1. The highest BCUT2D eigenvalue weighted by Crippen LogP contribution is 2.23. The zero-order chi connectivity index (χ0) is 17.0. The molecule has 128 valence electrons. The summed E-state index contributed by atoms with van der Waals surface area (Å²) in [6, 6.07) is 5.48. The van der Waals surface area contributed by atoms with Gasteiger partial charge in [-0.1, -0.05) is 12.1 Å². The molecule has 1 saturated heterocycles. The number of para-hydroxylation sites is 1. The first-order valence-corrected chi connectivity index (χ1v) is 8.54. The maximum Gasteiger partial charge on any atom is 0.304 e. The Morgan fingerprint density at radius 1 is 1.26 bits per heavy atom. The van der Waals surface area contributed by atoms with Crippen LogP contribution in [0.1, 0.15) is 0 Å². The van der Waals surface area contributed by atoms with Gasteiger partial charge >= 0.3 is 10.2 Å². The van der Waals surface area contributed by atoms with Crippen molar-refractivity contribution in [1.29, 1.82) is 0 Å². The molecule has 1 aromatic carbocycles. The molecule has 1 aromatic rings. The van der Waals surface area contributed by atoms with E-state index in [0.717, 1.165) is 14.7 Å². The average molecular weight is 345 g/mol. The van der Waals surface area contributed by atoms with E-state index in [1.165, 1.54) is 37.2 Å². The number of nitrogens with zero attached hydrogens (tertiary/aromatic N) is 3. The topological polar surface area (TPSA) is 70.2 Å². The van der Waals surface area contributed by atoms with Crippen molar-refractivity contribution in [3.8, 4) is 0 Å². The second-order valence-corrected chi connectivity index (χ2v) is 7.31. The minimum Gasteiger partial charge on any atom is -0.378 e. The molecule has 0 saturated carbocycles. The third kappa shape index (κ3) is 3.98. The Labute approximate surface area is 135 Å². The maximum atomic E-state index is 14.1. The normalized spacial score (nSPS) is 15.7. The first-order valence-electron chi connectivity index (χ1n) is 7.14.